The number of unbranched alkanes of at least 4 members (excludes halogenated alkanes) is 13. The van der Waals surface area contributed by atoms with Crippen molar-refractivity contribution in [3.63, 3.8) is 0 Å². The van der Waals surface area contributed by atoms with E-state index >= 15 is 0 Å². The first kappa shape index (κ1) is 26.8. The van der Waals surface area contributed by atoms with Gasteiger partial charge in [-0.05, 0) is 13.3 Å². The first-order valence-electron chi connectivity index (χ1n) is 10.9. The molecule has 0 spiro atoms. The highest BCUT2D eigenvalue weighted by Crippen LogP contribution is 2.13. The average Bonchev–Trinajstić information content (AvgIpc) is 2.65. The second-order valence-electron chi connectivity index (χ2n) is 6.91. The van der Waals surface area contributed by atoms with Gasteiger partial charge in [0, 0.05) is 6.61 Å². The Morgan fingerprint density at radius 1 is 0.593 bits per heavy atom. The fourth-order valence-electron chi connectivity index (χ4n) is 2.81. The highest BCUT2D eigenvalue weighted by atomic mass is 32.3. The van der Waals surface area contributed by atoms with Crippen molar-refractivity contribution in [3.8, 4) is 0 Å². The molecule has 0 saturated carbocycles. The van der Waals surface area contributed by atoms with E-state index in [1.165, 1.54) is 70.6 Å². The summed E-state index contributed by atoms with van der Waals surface area (Å²) in [6.45, 7) is 4.99. The lowest BCUT2D eigenvalue weighted by molar-refractivity contribution is -0.210. The first-order valence-corrected chi connectivity index (χ1v) is 12.2. The van der Waals surface area contributed by atoms with Crippen LogP contribution in [0.2, 0.25) is 0 Å². The second-order valence-corrected chi connectivity index (χ2v) is 8.10. The average molecular weight is 411 g/mol. The van der Waals surface area contributed by atoms with Crippen LogP contribution in [0, 0.1) is 0 Å². The number of hydrogen-bond donors (Lipinski definition) is 0. The zero-order valence-corrected chi connectivity index (χ0v) is 18.4. The van der Waals surface area contributed by atoms with Crippen LogP contribution >= 0.6 is 0 Å². The molecule has 6 nitrogen and oxygen atoms in total. The van der Waals surface area contributed by atoms with Crippen LogP contribution in [0.15, 0.2) is 0 Å². The zero-order chi connectivity index (χ0) is 20.1. The number of rotatable bonds is 22. The van der Waals surface area contributed by atoms with Gasteiger partial charge in [0.15, 0.2) is 0 Å². The predicted octanol–water partition coefficient (Wildman–Crippen LogP) is 5.71. The lowest BCUT2D eigenvalue weighted by Gasteiger charge is -2.06. The highest BCUT2D eigenvalue weighted by molar-refractivity contribution is 7.81. The molecule has 0 aromatic carbocycles. The van der Waals surface area contributed by atoms with E-state index in [0.29, 0.717) is 6.61 Å². The molecule has 0 aliphatic rings. The summed E-state index contributed by atoms with van der Waals surface area (Å²) in [4.78, 5) is 4.71. The molecular formula is C20H42O6S. The molecule has 0 amide bonds. The van der Waals surface area contributed by atoms with Gasteiger partial charge < -0.3 is 4.74 Å². The Bertz CT molecular complexity index is 386. The lowest BCUT2D eigenvalue weighted by Crippen LogP contribution is -2.14. The van der Waals surface area contributed by atoms with Crippen LogP contribution in [0.25, 0.3) is 0 Å². The molecule has 0 aromatic rings. The van der Waals surface area contributed by atoms with E-state index in [-0.39, 0.29) is 19.8 Å². The second kappa shape index (κ2) is 20.5. The number of ether oxygens (including phenoxy) is 1. The van der Waals surface area contributed by atoms with Crippen molar-refractivity contribution in [2.45, 2.75) is 104 Å². The first-order chi connectivity index (χ1) is 13.1. The molecule has 0 saturated heterocycles. The molecular weight excluding hydrogens is 368 g/mol. The summed E-state index contributed by atoms with van der Waals surface area (Å²) in [7, 11) is -4.08. The smallest absolute Gasteiger partial charge is 0.379 e. The molecule has 27 heavy (non-hydrogen) atoms. The molecule has 0 aliphatic heterocycles. The third kappa shape index (κ3) is 21.9. The minimum absolute atomic E-state index is 0.0710. The Hall–Kier alpha value is -0.210. The van der Waals surface area contributed by atoms with Crippen LogP contribution < -0.4 is 0 Å². The van der Waals surface area contributed by atoms with Crippen LogP contribution in [0.1, 0.15) is 104 Å². The van der Waals surface area contributed by atoms with Gasteiger partial charge in [-0.15, -0.1) is 0 Å². The molecule has 0 heterocycles. The zero-order valence-electron chi connectivity index (χ0n) is 17.6. The molecule has 0 rings (SSSR count). The van der Waals surface area contributed by atoms with Gasteiger partial charge in [0.2, 0.25) is 0 Å². The summed E-state index contributed by atoms with van der Waals surface area (Å²) in [5.41, 5.74) is 0. The Morgan fingerprint density at radius 3 is 1.56 bits per heavy atom. The number of hydrogen-bond acceptors (Lipinski definition) is 6. The monoisotopic (exact) mass is 410 g/mol. The summed E-state index contributed by atoms with van der Waals surface area (Å²) < 4.78 is 36.5. The van der Waals surface area contributed by atoms with Crippen LogP contribution in [0.3, 0.4) is 0 Å². The topological polar surface area (TPSA) is 71.1 Å². The van der Waals surface area contributed by atoms with Gasteiger partial charge in [-0.2, -0.15) is 8.42 Å². The fraction of sp³-hybridized carbons (Fsp3) is 1.00. The van der Waals surface area contributed by atoms with E-state index in [9.17, 15) is 8.42 Å². The normalized spacial score (nSPS) is 11.9. The molecule has 0 N–H and O–H groups in total. The Labute approximate surface area is 167 Å². The quantitative estimate of drug-likeness (QED) is 0.129. The van der Waals surface area contributed by atoms with Crippen molar-refractivity contribution in [1.82, 2.24) is 0 Å². The summed E-state index contributed by atoms with van der Waals surface area (Å²) in [5, 5.41) is 0. The molecule has 0 aromatic heterocycles. The molecule has 0 aliphatic carbocycles. The summed E-state index contributed by atoms with van der Waals surface area (Å²) in [5.74, 6) is 0. The summed E-state index contributed by atoms with van der Waals surface area (Å²) in [6, 6.07) is 0. The third-order valence-corrected chi connectivity index (χ3v) is 5.09. The van der Waals surface area contributed by atoms with E-state index < -0.39 is 10.4 Å². The van der Waals surface area contributed by atoms with E-state index in [4.69, 9.17) is 9.62 Å². The fourth-order valence-corrected chi connectivity index (χ4v) is 3.30. The molecule has 0 unspecified atom stereocenters. The maximum Gasteiger partial charge on any atom is 0.426 e. The van der Waals surface area contributed by atoms with Gasteiger partial charge in [-0.1, -0.05) is 94.7 Å². The van der Waals surface area contributed by atoms with Gasteiger partial charge in [-0.25, -0.2) is 9.07 Å². The predicted molar refractivity (Wildman–Crippen MR) is 109 cm³/mol. The molecule has 0 bridgehead atoms. The SMILES string of the molecule is CCCCCCCCCCCCCCCCOOS(=O)(=O)OCCOCC. The molecule has 164 valence electrons. The van der Waals surface area contributed by atoms with E-state index in [1.807, 2.05) is 6.92 Å². The summed E-state index contributed by atoms with van der Waals surface area (Å²) >= 11 is 0. The Kier molecular flexibility index (Phi) is 20.4. The van der Waals surface area contributed by atoms with Crippen molar-refractivity contribution in [3.05, 3.63) is 0 Å². The molecule has 7 heteroatoms. The highest BCUT2D eigenvalue weighted by Gasteiger charge is 2.12. The van der Waals surface area contributed by atoms with Gasteiger partial charge in [-0.3, -0.25) is 0 Å². The Morgan fingerprint density at radius 2 is 1.07 bits per heavy atom. The van der Waals surface area contributed by atoms with Crippen LogP contribution in [0.4, 0.5) is 0 Å². The Balaban J connectivity index is 3.22. The minimum atomic E-state index is -4.08. The van der Waals surface area contributed by atoms with Crippen LogP contribution in [-0.4, -0.2) is 34.8 Å². The van der Waals surface area contributed by atoms with Crippen molar-refractivity contribution in [2.24, 2.45) is 0 Å². The van der Waals surface area contributed by atoms with Gasteiger partial charge in [0.1, 0.15) is 0 Å². The standard InChI is InChI=1S/C20H42O6S/c1-3-5-6-7-8-9-10-11-12-13-14-15-16-17-18-24-26-27(21,22)25-20-19-23-4-2/h3-20H2,1-2H3. The van der Waals surface area contributed by atoms with Crippen molar-refractivity contribution < 1.29 is 26.6 Å². The van der Waals surface area contributed by atoms with E-state index in [2.05, 4.69) is 15.4 Å². The maximum atomic E-state index is 11.3. The van der Waals surface area contributed by atoms with Crippen molar-refractivity contribution in [1.29, 1.82) is 0 Å². The van der Waals surface area contributed by atoms with Crippen molar-refractivity contribution in [2.75, 3.05) is 26.4 Å². The van der Waals surface area contributed by atoms with Gasteiger partial charge >= 0.3 is 10.4 Å². The van der Waals surface area contributed by atoms with Gasteiger partial charge in [0.25, 0.3) is 0 Å². The molecule has 0 radical (unpaired) electrons. The minimum Gasteiger partial charge on any atom is -0.379 e. The largest absolute Gasteiger partial charge is 0.426 e. The van der Waals surface area contributed by atoms with E-state index in [1.54, 1.807) is 0 Å². The molecule has 0 fully saturated rings. The third-order valence-electron chi connectivity index (χ3n) is 4.37. The molecule has 0 atom stereocenters. The lowest BCUT2D eigenvalue weighted by atomic mass is 10.0. The van der Waals surface area contributed by atoms with Gasteiger partial charge in [0.05, 0.1) is 19.8 Å². The van der Waals surface area contributed by atoms with Crippen molar-refractivity contribution >= 4 is 10.4 Å². The van der Waals surface area contributed by atoms with E-state index in [0.717, 1.165) is 19.3 Å². The van der Waals surface area contributed by atoms with Crippen LogP contribution in [-0.2, 0) is 28.5 Å². The van der Waals surface area contributed by atoms with Crippen LogP contribution in [0.5, 0.6) is 0 Å². The maximum absolute atomic E-state index is 11.3. The summed E-state index contributed by atoms with van der Waals surface area (Å²) in [6.07, 6.45) is 17.8.